The second-order valence-electron chi connectivity index (χ2n) is 8.05. The van der Waals surface area contributed by atoms with Crippen LogP contribution in [0.25, 0.3) is 0 Å². The Balaban J connectivity index is 2.14. The van der Waals surface area contributed by atoms with Crippen LogP contribution in [-0.4, -0.2) is 45.4 Å². The number of nitrogens with zero attached hydrogens (tertiary/aromatic N) is 3. The molecule has 0 radical (unpaired) electrons. The van der Waals surface area contributed by atoms with E-state index < -0.39 is 17.7 Å². The molecule has 1 aromatic heterocycles. The first kappa shape index (κ1) is 23.4. The summed E-state index contributed by atoms with van der Waals surface area (Å²) < 4.78 is 29.0. The summed E-state index contributed by atoms with van der Waals surface area (Å²) in [7, 11) is 1.92. The average molecular weight is 421 g/mol. The fraction of sp³-hybridized carbons (Fsp3) is 0.455. The number of hydrogen-bond acceptors (Lipinski definition) is 2. The summed E-state index contributed by atoms with van der Waals surface area (Å²) in [5.41, 5.74) is 0.847. The molecule has 2 rings (SSSR count). The molecule has 0 unspecified atom stereocenters. The predicted octanol–water partition coefficient (Wildman–Crippen LogP) is 4.23. The first-order valence-corrected chi connectivity index (χ1v) is 9.99. The van der Waals surface area contributed by atoms with E-state index in [0.717, 1.165) is 17.8 Å². The SMILES string of the molecule is CC(C)CN(Cc1cccn1C)C(=O)CN(C(=O)Nc1ccc(F)cc1F)C(C)C. The Labute approximate surface area is 176 Å². The molecule has 1 N–H and O–H groups in total. The lowest BCUT2D eigenvalue weighted by Gasteiger charge is -2.31. The molecule has 0 spiro atoms. The van der Waals surface area contributed by atoms with Crippen molar-refractivity contribution >= 4 is 17.6 Å². The molecule has 30 heavy (non-hydrogen) atoms. The molecule has 0 atom stereocenters. The molecule has 0 aliphatic rings. The van der Waals surface area contributed by atoms with Crippen LogP contribution >= 0.6 is 0 Å². The van der Waals surface area contributed by atoms with Gasteiger partial charge in [-0.1, -0.05) is 13.8 Å². The van der Waals surface area contributed by atoms with Gasteiger partial charge < -0.3 is 19.7 Å². The van der Waals surface area contributed by atoms with Crippen LogP contribution in [0, 0.1) is 17.6 Å². The number of carbonyl (C=O) groups is 2. The second-order valence-corrected chi connectivity index (χ2v) is 8.05. The monoisotopic (exact) mass is 420 g/mol. The summed E-state index contributed by atoms with van der Waals surface area (Å²) in [6.45, 7) is 8.43. The number of aromatic nitrogens is 1. The van der Waals surface area contributed by atoms with Crippen molar-refractivity contribution in [1.29, 1.82) is 0 Å². The highest BCUT2D eigenvalue weighted by Crippen LogP contribution is 2.17. The number of aryl methyl sites for hydroxylation is 1. The summed E-state index contributed by atoms with van der Waals surface area (Å²) in [5.74, 6) is -1.55. The number of amides is 3. The highest BCUT2D eigenvalue weighted by Gasteiger charge is 2.25. The number of halogens is 2. The Hall–Kier alpha value is -2.90. The van der Waals surface area contributed by atoms with Gasteiger partial charge in [-0.3, -0.25) is 4.79 Å². The van der Waals surface area contributed by atoms with Gasteiger partial charge in [0.15, 0.2) is 0 Å². The van der Waals surface area contributed by atoms with Gasteiger partial charge in [0, 0.05) is 37.6 Å². The van der Waals surface area contributed by atoms with Gasteiger partial charge in [-0.2, -0.15) is 0 Å². The number of urea groups is 1. The van der Waals surface area contributed by atoms with E-state index in [4.69, 9.17) is 0 Å². The van der Waals surface area contributed by atoms with Crippen molar-refractivity contribution in [3.05, 3.63) is 53.9 Å². The maximum atomic E-state index is 13.9. The molecule has 2 aromatic rings. The zero-order chi connectivity index (χ0) is 22.4. The topological polar surface area (TPSA) is 57.6 Å². The van der Waals surface area contributed by atoms with E-state index in [2.05, 4.69) is 5.32 Å². The van der Waals surface area contributed by atoms with Crippen molar-refractivity contribution in [2.24, 2.45) is 13.0 Å². The van der Waals surface area contributed by atoms with Crippen molar-refractivity contribution in [1.82, 2.24) is 14.4 Å². The summed E-state index contributed by atoms with van der Waals surface area (Å²) in [5, 5.41) is 2.43. The van der Waals surface area contributed by atoms with Crippen LogP contribution in [0.15, 0.2) is 36.5 Å². The van der Waals surface area contributed by atoms with Crippen LogP contribution in [0.2, 0.25) is 0 Å². The van der Waals surface area contributed by atoms with Crippen molar-refractivity contribution in [2.45, 2.75) is 40.3 Å². The van der Waals surface area contributed by atoms with Gasteiger partial charge in [0.1, 0.15) is 18.2 Å². The van der Waals surface area contributed by atoms with Crippen molar-refractivity contribution < 1.29 is 18.4 Å². The molecule has 8 heteroatoms. The third kappa shape index (κ3) is 6.30. The van der Waals surface area contributed by atoms with E-state index in [-0.39, 0.29) is 30.1 Å². The molecule has 0 saturated heterocycles. The molecule has 1 aromatic carbocycles. The fourth-order valence-corrected chi connectivity index (χ4v) is 3.06. The molecular formula is C22H30F2N4O2. The lowest BCUT2D eigenvalue weighted by molar-refractivity contribution is -0.133. The number of carbonyl (C=O) groups excluding carboxylic acids is 2. The molecule has 0 aliphatic carbocycles. The van der Waals surface area contributed by atoms with Crippen LogP contribution < -0.4 is 5.32 Å². The third-order valence-corrected chi connectivity index (χ3v) is 4.70. The van der Waals surface area contributed by atoms with Crippen LogP contribution in [-0.2, 0) is 18.4 Å². The van der Waals surface area contributed by atoms with Gasteiger partial charge >= 0.3 is 6.03 Å². The normalized spacial score (nSPS) is 11.1. The van der Waals surface area contributed by atoms with Crippen molar-refractivity contribution in [2.75, 3.05) is 18.4 Å². The molecule has 3 amide bonds. The lowest BCUT2D eigenvalue weighted by Crippen LogP contribution is -2.48. The highest BCUT2D eigenvalue weighted by atomic mass is 19.1. The largest absolute Gasteiger partial charge is 0.353 e. The third-order valence-electron chi connectivity index (χ3n) is 4.70. The highest BCUT2D eigenvalue weighted by molar-refractivity contribution is 5.92. The predicted molar refractivity (Wildman–Crippen MR) is 113 cm³/mol. The van der Waals surface area contributed by atoms with E-state index in [1.807, 2.05) is 43.8 Å². The van der Waals surface area contributed by atoms with Gasteiger partial charge in [0.05, 0.1) is 12.2 Å². The van der Waals surface area contributed by atoms with Crippen molar-refractivity contribution in [3.8, 4) is 0 Å². The standard InChI is InChI=1S/C22H30F2N4O2/c1-15(2)12-27(13-18-7-6-10-26(18)5)21(29)14-28(16(3)4)22(30)25-20-9-8-17(23)11-19(20)24/h6-11,15-16H,12-14H2,1-5H3,(H,25,30). The minimum atomic E-state index is -0.872. The first-order chi connectivity index (χ1) is 14.1. The summed E-state index contributed by atoms with van der Waals surface area (Å²) >= 11 is 0. The minimum Gasteiger partial charge on any atom is -0.353 e. The Morgan fingerprint density at radius 2 is 1.83 bits per heavy atom. The average Bonchev–Trinajstić information content (AvgIpc) is 3.05. The van der Waals surface area contributed by atoms with E-state index in [0.29, 0.717) is 19.2 Å². The second kappa shape index (κ2) is 10.2. The maximum Gasteiger partial charge on any atom is 0.322 e. The van der Waals surface area contributed by atoms with Gasteiger partial charge in [0.2, 0.25) is 5.91 Å². The molecule has 1 heterocycles. The summed E-state index contributed by atoms with van der Waals surface area (Å²) in [6.07, 6.45) is 1.92. The van der Waals surface area contributed by atoms with E-state index in [9.17, 15) is 18.4 Å². The van der Waals surface area contributed by atoms with E-state index in [1.165, 1.54) is 4.90 Å². The van der Waals surface area contributed by atoms with Gasteiger partial charge in [-0.15, -0.1) is 0 Å². The van der Waals surface area contributed by atoms with Crippen molar-refractivity contribution in [3.63, 3.8) is 0 Å². The lowest BCUT2D eigenvalue weighted by atomic mass is 10.2. The molecule has 164 valence electrons. The summed E-state index contributed by atoms with van der Waals surface area (Å²) in [4.78, 5) is 28.9. The fourth-order valence-electron chi connectivity index (χ4n) is 3.06. The Morgan fingerprint density at radius 3 is 2.37 bits per heavy atom. The molecule has 0 saturated carbocycles. The Kier molecular flexibility index (Phi) is 7.97. The number of rotatable bonds is 8. The number of anilines is 1. The molecule has 0 fully saturated rings. The van der Waals surface area contributed by atoms with E-state index >= 15 is 0 Å². The van der Waals surface area contributed by atoms with Crippen LogP contribution in [0.5, 0.6) is 0 Å². The first-order valence-electron chi connectivity index (χ1n) is 9.99. The Bertz CT molecular complexity index is 880. The van der Waals surface area contributed by atoms with Crippen LogP contribution in [0.4, 0.5) is 19.3 Å². The quantitative estimate of drug-likeness (QED) is 0.695. The number of hydrogen-bond donors (Lipinski definition) is 1. The Morgan fingerprint density at radius 1 is 1.13 bits per heavy atom. The smallest absolute Gasteiger partial charge is 0.322 e. The van der Waals surface area contributed by atoms with E-state index in [1.54, 1.807) is 18.7 Å². The number of nitrogens with one attached hydrogen (secondary N) is 1. The van der Waals surface area contributed by atoms with Gasteiger partial charge in [-0.05, 0) is 44.0 Å². The molecule has 6 nitrogen and oxygen atoms in total. The van der Waals surface area contributed by atoms with Gasteiger partial charge in [-0.25, -0.2) is 13.6 Å². The molecular weight excluding hydrogens is 390 g/mol. The zero-order valence-corrected chi connectivity index (χ0v) is 18.2. The number of benzene rings is 1. The maximum absolute atomic E-state index is 13.9. The van der Waals surface area contributed by atoms with Crippen LogP contribution in [0.1, 0.15) is 33.4 Å². The summed E-state index contributed by atoms with van der Waals surface area (Å²) in [6, 6.07) is 5.87. The molecule has 0 aliphatic heterocycles. The minimum absolute atomic E-state index is 0.137. The zero-order valence-electron chi connectivity index (χ0n) is 18.2. The van der Waals surface area contributed by atoms with Crippen LogP contribution in [0.3, 0.4) is 0 Å². The molecule has 0 bridgehead atoms. The van der Waals surface area contributed by atoms with Gasteiger partial charge in [0.25, 0.3) is 0 Å².